The summed E-state index contributed by atoms with van der Waals surface area (Å²) < 4.78 is 17.5. The van der Waals surface area contributed by atoms with Crippen molar-refractivity contribution in [2.24, 2.45) is 29.4 Å². The molecule has 0 unspecified atom stereocenters. The van der Waals surface area contributed by atoms with Gasteiger partial charge in [0.05, 0.1) is 43.2 Å². The SMILES string of the molecule is CC[C@H](C)[C@@H]([C@@H](CC(=O)N1CCC[C@H]1[C@H](OC)[C@@H](C)C(=O)NCCC1C=CC=CC=C1)OC)N(C)C(=O)[C@@H](NC(=O)C(C)(C)NC(=O)CCOCCC(C)(C)N)C(C)C. The zero-order valence-corrected chi connectivity index (χ0v) is 38.2. The molecule has 1 heterocycles. The normalized spacial score (nSPS) is 19.1. The molecule has 0 saturated carbocycles. The second kappa shape index (κ2) is 24.6. The number of nitrogens with zero attached hydrogens (tertiary/aromatic N) is 2. The second-order valence-corrected chi connectivity index (χ2v) is 18.0. The Morgan fingerprint density at radius 3 is 2.15 bits per heavy atom. The molecule has 0 spiro atoms. The van der Waals surface area contributed by atoms with E-state index >= 15 is 0 Å². The average molecular weight is 831 g/mol. The topological polar surface area (TPSA) is 182 Å². The van der Waals surface area contributed by atoms with Gasteiger partial charge >= 0.3 is 0 Å². The zero-order chi connectivity index (χ0) is 44.5. The Labute approximate surface area is 354 Å². The van der Waals surface area contributed by atoms with Gasteiger partial charge in [0, 0.05) is 52.9 Å². The summed E-state index contributed by atoms with van der Waals surface area (Å²) in [5.41, 5.74) is 4.31. The molecule has 336 valence electrons. The quantitative estimate of drug-likeness (QED) is 0.0977. The van der Waals surface area contributed by atoms with E-state index in [0.29, 0.717) is 39.0 Å². The van der Waals surface area contributed by atoms with Crippen LogP contribution in [0.1, 0.15) is 107 Å². The van der Waals surface area contributed by atoms with Crippen molar-refractivity contribution in [1.82, 2.24) is 25.8 Å². The Bertz CT molecular complexity index is 1440. The van der Waals surface area contributed by atoms with Crippen LogP contribution in [0.15, 0.2) is 36.5 Å². The van der Waals surface area contributed by atoms with E-state index in [2.05, 4.69) is 28.1 Å². The Morgan fingerprint density at radius 1 is 0.949 bits per heavy atom. The fourth-order valence-corrected chi connectivity index (χ4v) is 7.75. The molecule has 0 bridgehead atoms. The molecule has 0 aromatic rings. The third-order valence-corrected chi connectivity index (χ3v) is 11.7. The summed E-state index contributed by atoms with van der Waals surface area (Å²) in [6, 6.07) is -1.72. The third kappa shape index (κ3) is 16.4. The van der Waals surface area contributed by atoms with E-state index in [0.717, 1.165) is 12.8 Å². The first-order chi connectivity index (χ1) is 27.7. The number of rotatable bonds is 25. The van der Waals surface area contributed by atoms with Crippen LogP contribution in [0.5, 0.6) is 0 Å². The number of ether oxygens (including phenoxy) is 3. The number of nitrogens with two attached hydrogens (primary N) is 1. The Kier molecular flexibility index (Phi) is 21.5. The van der Waals surface area contributed by atoms with E-state index in [-0.39, 0.29) is 72.4 Å². The molecule has 2 aliphatic rings. The fraction of sp³-hybridized carbons (Fsp3) is 0.756. The summed E-state index contributed by atoms with van der Waals surface area (Å²) in [5, 5.41) is 8.75. The molecule has 1 aliphatic heterocycles. The molecule has 7 atom stereocenters. The summed E-state index contributed by atoms with van der Waals surface area (Å²) in [4.78, 5) is 71.7. The van der Waals surface area contributed by atoms with Crippen LogP contribution in [0.4, 0.5) is 0 Å². The van der Waals surface area contributed by atoms with Gasteiger partial charge in [0.1, 0.15) is 11.6 Å². The third-order valence-electron chi connectivity index (χ3n) is 11.7. The lowest BCUT2D eigenvalue weighted by Crippen LogP contribution is -2.62. The highest BCUT2D eigenvalue weighted by atomic mass is 16.5. The van der Waals surface area contributed by atoms with Crippen molar-refractivity contribution < 1.29 is 38.2 Å². The van der Waals surface area contributed by atoms with Crippen LogP contribution in [0.3, 0.4) is 0 Å². The fourth-order valence-electron chi connectivity index (χ4n) is 7.75. The van der Waals surface area contributed by atoms with Gasteiger partial charge in [0.15, 0.2) is 0 Å². The van der Waals surface area contributed by atoms with Crippen molar-refractivity contribution in [2.45, 2.75) is 149 Å². The molecular formula is C45H78N6O8. The summed E-state index contributed by atoms with van der Waals surface area (Å²) >= 11 is 0. The highest BCUT2D eigenvalue weighted by molar-refractivity contribution is 5.94. The van der Waals surface area contributed by atoms with Crippen molar-refractivity contribution in [3.05, 3.63) is 36.5 Å². The van der Waals surface area contributed by atoms with Gasteiger partial charge in [-0.05, 0) is 71.1 Å². The van der Waals surface area contributed by atoms with E-state index in [1.54, 1.807) is 40.0 Å². The Hall–Kier alpha value is -3.59. The van der Waals surface area contributed by atoms with Crippen LogP contribution >= 0.6 is 0 Å². The van der Waals surface area contributed by atoms with Crippen molar-refractivity contribution in [2.75, 3.05) is 47.6 Å². The molecule has 0 aromatic carbocycles. The molecule has 1 saturated heterocycles. The van der Waals surface area contributed by atoms with Crippen LogP contribution in [0.2, 0.25) is 0 Å². The first-order valence-corrected chi connectivity index (χ1v) is 21.6. The highest BCUT2D eigenvalue weighted by Gasteiger charge is 2.43. The van der Waals surface area contributed by atoms with Gasteiger partial charge < -0.3 is 45.7 Å². The smallest absolute Gasteiger partial charge is 0.245 e. The van der Waals surface area contributed by atoms with Crippen molar-refractivity contribution in [3.8, 4) is 0 Å². The molecule has 0 aromatic heterocycles. The molecule has 1 fully saturated rings. The first-order valence-electron chi connectivity index (χ1n) is 21.6. The molecule has 2 rings (SSSR count). The van der Waals surface area contributed by atoms with Gasteiger partial charge in [-0.25, -0.2) is 0 Å². The van der Waals surface area contributed by atoms with E-state index in [1.807, 2.05) is 77.7 Å². The number of allylic oxidation sites excluding steroid dienone is 6. The molecule has 1 aliphatic carbocycles. The van der Waals surface area contributed by atoms with E-state index < -0.39 is 41.7 Å². The van der Waals surface area contributed by atoms with Crippen LogP contribution in [0.25, 0.3) is 0 Å². The van der Waals surface area contributed by atoms with Gasteiger partial charge in [0.25, 0.3) is 0 Å². The van der Waals surface area contributed by atoms with Crippen LogP contribution in [-0.4, -0.2) is 128 Å². The number of methoxy groups -OCH3 is 2. The molecule has 5 amide bonds. The maximum absolute atomic E-state index is 14.3. The van der Waals surface area contributed by atoms with E-state index in [1.165, 1.54) is 0 Å². The van der Waals surface area contributed by atoms with Gasteiger partial charge in [-0.3, -0.25) is 24.0 Å². The number of amides is 5. The minimum Gasteiger partial charge on any atom is -0.381 e. The van der Waals surface area contributed by atoms with Gasteiger partial charge in [0.2, 0.25) is 29.5 Å². The minimum absolute atomic E-state index is 0.0133. The largest absolute Gasteiger partial charge is 0.381 e. The number of likely N-dealkylation sites (tertiary alicyclic amines) is 1. The van der Waals surface area contributed by atoms with Gasteiger partial charge in [-0.1, -0.05) is 77.5 Å². The summed E-state index contributed by atoms with van der Waals surface area (Å²) in [7, 11) is 4.82. The minimum atomic E-state index is -1.31. The zero-order valence-electron chi connectivity index (χ0n) is 38.2. The predicted octanol–water partition coefficient (Wildman–Crippen LogP) is 4.28. The standard InChI is InChI=1S/C45H78N6O8/c1-13-31(4)39(50(10)42(55)38(30(2)3)48-43(56)45(8,9)49-36(52)23-27-59-28-24-44(6,7)46)35(57-11)29-37(53)51-26-18-21-34(51)40(58-12)32(5)41(54)47-25-22-33-19-16-14-15-17-20-33/h14-17,19-20,30-35,38-40H,13,18,21-29,46H2,1-12H3,(H,47,54)(H,48,56)(H,49,52)/t31-,32+,34-,35+,38-,39-,40+/m0/s1. The van der Waals surface area contributed by atoms with Crippen LogP contribution < -0.4 is 21.7 Å². The van der Waals surface area contributed by atoms with Crippen molar-refractivity contribution in [3.63, 3.8) is 0 Å². The predicted molar refractivity (Wildman–Crippen MR) is 232 cm³/mol. The molecule has 59 heavy (non-hydrogen) atoms. The second-order valence-electron chi connectivity index (χ2n) is 18.0. The maximum Gasteiger partial charge on any atom is 0.245 e. The summed E-state index contributed by atoms with van der Waals surface area (Å²) in [5.74, 6) is -2.05. The number of hydrogen-bond donors (Lipinski definition) is 4. The lowest BCUT2D eigenvalue weighted by Gasteiger charge is -2.41. The van der Waals surface area contributed by atoms with Crippen LogP contribution in [0, 0.1) is 23.7 Å². The van der Waals surface area contributed by atoms with Gasteiger partial charge in [-0.2, -0.15) is 0 Å². The van der Waals surface area contributed by atoms with E-state index in [4.69, 9.17) is 19.9 Å². The highest BCUT2D eigenvalue weighted by Crippen LogP contribution is 2.30. The number of likely N-dealkylation sites (N-methyl/N-ethyl adjacent to an activating group) is 1. The summed E-state index contributed by atoms with van der Waals surface area (Å²) in [6.45, 7) is 18.2. The first kappa shape index (κ1) is 51.6. The lowest BCUT2D eigenvalue weighted by atomic mass is 9.89. The lowest BCUT2D eigenvalue weighted by molar-refractivity contribution is -0.148. The molecular weight excluding hydrogens is 753 g/mol. The molecule has 0 radical (unpaired) electrons. The van der Waals surface area contributed by atoms with Crippen molar-refractivity contribution >= 4 is 29.5 Å². The van der Waals surface area contributed by atoms with Gasteiger partial charge in [-0.15, -0.1) is 0 Å². The number of carbonyl (C=O) groups excluding carboxylic acids is 5. The number of nitrogens with one attached hydrogen (secondary N) is 3. The van der Waals surface area contributed by atoms with E-state index in [9.17, 15) is 24.0 Å². The Morgan fingerprint density at radius 2 is 1.59 bits per heavy atom. The summed E-state index contributed by atoms with van der Waals surface area (Å²) in [6.07, 6.45) is 14.7. The molecule has 14 nitrogen and oxygen atoms in total. The maximum atomic E-state index is 14.3. The molecule has 5 N–H and O–H groups in total. The number of carbonyl (C=O) groups is 5. The average Bonchev–Trinajstić information content (AvgIpc) is 3.51. The monoisotopic (exact) mass is 831 g/mol. The molecule has 14 heteroatoms. The Balaban J connectivity index is 2.13. The number of hydrogen-bond acceptors (Lipinski definition) is 9. The van der Waals surface area contributed by atoms with Crippen molar-refractivity contribution in [1.29, 1.82) is 0 Å². The van der Waals surface area contributed by atoms with Crippen LogP contribution in [-0.2, 0) is 38.2 Å².